The van der Waals surface area contributed by atoms with Gasteiger partial charge in [-0.25, -0.2) is 0 Å². The topological polar surface area (TPSA) is 85.6 Å². The number of hydrogen-bond donors (Lipinski definition) is 1. The summed E-state index contributed by atoms with van der Waals surface area (Å²) in [7, 11) is 1.03. The highest BCUT2D eigenvalue weighted by molar-refractivity contribution is 14.1. The number of alkyl halides is 9. The number of aromatic nitrogens is 2. The van der Waals surface area contributed by atoms with Crippen molar-refractivity contribution in [3.05, 3.63) is 50.4 Å². The van der Waals surface area contributed by atoms with Crippen LogP contribution in [0.2, 0.25) is 0 Å². The first-order chi connectivity index (χ1) is 18.3. The Balaban J connectivity index is 1.75. The molecule has 1 aromatic carbocycles. The molecule has 0 saturated heterocycles. The summed E-state index contributed by atoms with van der Waals surface area (Å²) in [6.07, 6.45) is -15.8. The number of nitrogens with one attached hydrogen (secondary N) is 1. The second kappa shape index (κ2) is 11.6. The molecular weight excluding hydrogens is 678 g/mol. The highest BCUT2D eigenvalue weighted by Gasteiger charge is 2.65. The SMILES string of the molecule is Cn1cc(C2(C(F)(F)F)CC(c3ccc(I)c(C(=O)CCCCC(=O)NCC(F)(F)F)c3)=NO2)c(C(F)(F)F)n1. The van der Waals surface area contributed by atoms with E-state index >= 15 is 0 Å². The van der Waals surface area contributed by atoms with Crippen LogP contribution in [0.4, 0.5) is 39.5 Å². The normalized spacial score (nSPS) is 17.9. The molecule has 0 bridgehead atoms. The number of nitrogens with zero attached hydrogens (tertiary/aromatic N) is 3. The quantitative estimate of drug-likeness (QED) is 0.150. The van der Waals surface area contributed by atoms with Gasteiger partial charge in [0.15, 0.2) is 11.5 Å². The number of aryl methyl sites for hydroxylation is 1. The Kier molecular flexibility index (Phi) is 9.15. The van der Waals surface area contributed by atoms with E-state index in [9.17, 15) is 49.1 Å². The largest absolute Gasteiger partial charge is 0.435 e. The summed E-state index contributed by atoms with van der Waals surface area (Å²) < 4.78 is 121. The molecule has 0 spiro atoms. The summed E-state index contributed by atoms with van der Waals surface area (Å²) in [5, 5.41) is 8.30. The number of ketones is 1. The van der Waals surface area contributed by atoms with Gasteiger partial charge in [-0.2, -0.15) is 44.6 Å². The molecule has 1 N–H and O–H groups in total. The maximum Gasteiger partial charge on any atom is 0.435 e. The second-order valence-corrected chi connectivity index (χ2v) is 10.1. The lowest BCUT2D eigenvalue weighted by Gasteiger charge is -2.29. The smallest absolute Gasteiger partial charge is 0.374 e. The molecular formula is C23H20F9IN4O3. The zero-order valence-electron chi connectivity index (χ0n) is 20.4. The van der Waals surface area contributed by atoms with Gasteiger partial charge in [0.2, 0.25) is 5.91 Å². The Labute approximate surface area is 234 Å². The monoisotopic (exact) mass is 698 g/mol. The first-order valence-electron chi connectivity index (χ1n) is 11.4. The molecule has 0 fully saturated rings. The van der Waals surface area contributed by atoms with Crippen molar-refractivity contribution in [3.63, 3.8) is 0 Å². The zero-order chi connectivity index (χ0) is 30.1. The molecule has 0 radical (unpaired) electrons. The van der Waals surface area contributed by atoms with Gasteiger partial charge < -0.3 is 10.2 Å². The average Bonchev–Trinajstić information content (AvgIpc) is 3.45. The van der Waals surface area contributed by atoms with Crippen LogP contribution in [0.3, 0.4) is 0 Å². The minimum atomic E-state index is -5.32. The Bertz CT molecular complexity index is 1300. The Morgan fingerprint density at radius 2 is 1.73 bits per heavy atom. The van der Waals surface area contributed by atoms with Crippen molar-refractivity contribution in [3.8, 4) is 0 Å². The summed E-state index contributed by atoms with van der Waals surface area (Å²) in [5.74, 6) is -1.30. The molecule has 40 heavy (non-hydrogen) atoms. The summed E-state index contributed by atoms with van der Waals surface area (Å²) in [6, 6.07) is 3.99. The van der Waals surface area contributed by atoms with Gasteiger partial charge in [-0.1, -0.05) is 11.2 Å². The van der Waals surface area contributed by atoms with Crippen LogP contribution < -0.4 is 5.32 Å². The number of rotatable bonds is 9. The van der Waals surface area contributed by atoms with Gasteiger partial charge in [0.1, 0.15) is 6.54 Å². The first-order valence-corrected chi connectivity index (χ1v) is 12.5. The van der Waals surface area contributed by atoms with Gasteiger partial charge >= 0.3 is 18.5 Å². The second-order valence-electron chi connectivity index (χ2n) is 8.91. The third-order valence-corrected chi connectivity index (χ3v) is 6.80. The predicted molar refractivity (Wildman–Crippen MR) is 129 cm³/mol. The minimum absolute atomic E-state index is 0.0128. The maximum atomic E-state index is 14.2. The molecule has 3 rings (SSSR count). The van der Waals surface area contributed by atoms with Gasteiger partial charge in [0.25, 0.3) is 5.60 Å². The first kappa shape index (κ1) is 31.7. The van der Waals surface area contributed by atoms with Gasteiger partial charge in [-0.15, -0.1) is 0 Å². The van der Waals surface area contributed by atoms with Gasteiger partial charge in [0, 0.05) is 40.8 Å². The molecule has 1 amide bonds. The fourth-order valence-corrected chi connectivity index (χ4v) is 4.58. The summed E-state index contributed by atoms with van der Waals surface area (Å²) in [5.41, 5.74) is -6.74. The highest BCUT2D eigenvalue weighted by atomic mass is 127. The highest BCUT2D eigenvalue weighted by Crippen LogP contribution is 2.51. The number of benzene rings is 1. The fourth-order valence-electron chi connectivity index (χ4n) is 3.94. The van der Waals surface area contributed by atoms with Crippen molar-refractivity contribution in [2.75, 3.05) is 6.54 Å². The van der Waals surface area contributed by atoms with Crippen molar-refractivity contribution in [2.24, 2.45) is 12.2 Å². The summed E-state index contributed by atoms with van der Waals surface area (Å²) >= 11 is 1.81. The number of Topliss-reactive ketones (excluding diaryl/α,β-unsaturated/α-hetero) is 1. The van der Waals surface area contributed by atoms with Crippen molar-refractivity contribution in [1.29, 1.82) is 0 Å². The van der Waals surface area contributed by atoms with E-state index < -0.39 is 60.0 Å². The predicted octanol–water partition coefficient (Wildman–Crippen LogP) is 6.05. The standard InChI is InChI=1S/C23H20F9IN4O3/c1-37-10-14(19(35-37)22(27,28)29)20(23(30,31)32)9-16(36-40-20)12-6-7-15(33)13(8-12)17(38)4-2-3-5-18(39)34-11-21(24,25)26/h6-8,10H,2-5,9,11H2,1H3,(H,34,39). The molecule has 0 aliphatic carbocycles. The molecule has 1 aliphatic rings. The van der Waals surface area contributed by atoms with E-state index in [-0.39, 0.29) is 42.5 Å². The number of hydrogen-bond acceptors (Lipinski definition) is 5. The Morgan fingerprint density at radius 3 is 2.33 bits per heavy atom. The lowest BCUT2D eigenvalue weighted by Crippen LogP contribution is -2.43. The maximum absolute atomic E-state index is 14.2. The van der Waals surface area contributed by atoms with Crippen molar-refractivity contribution in [1.82, 2.24) is 15.1 Å². The number of oxime groups is 1. The van der Waals surface area contributed by atoms with E-state index in [1.807, 2.05) is 22.6 Å². The van der Waals surface area contributed by atoms with Crippen LogP contribution in [0.1, 0.15) is 59.3 Å². The average molecular weight is 698 g/mol. The van der Waals surface area contributed by atoms with Crippen LogP contribution in [0, 0.1) is 3.57 Å². The molecule has 17 heteroatoms. The number of amides is 1. The summed E-state index contributed by atoms with van der Waals surface area (Å²) in [4.78, 5) is 28.9. The molecule has 220 valence electrons. The van der Waals surface area contributed by atoms with E-state index in [2.05, 4.69) is 10.3 Å². The molecule has 1 atom stereocenters. The van der Waals surface area contributed by atoms with E-state index in [1.165, 1.54) is 18.2 Å². The lowest BCUT2D eigenvalue weighted by atomic mass is 9.86. The van der Waals surface area contributed by atoms with Gasteiger partial charge in [0.05, 0.1) is 17.7 Å². The molecule has 1 aliphatic heterocycles. The number of halogens is 10. The van der Waals surface area contributed by atoms with Crippen LogP contribution in [0.25, 0.3) is 0 Å². The Morgan fingerprint density at radius 1 is 1.07 bits per heavy atom. The van der Waals surface area contributed by atoms with Crippen LogP contribution in [-0.4, -0.2) is 46.1 Å². The fraction of sp³-hybridized carbons (Fsp3) is 0.478. The van der Waals surface area contributed by atoms with Crippen LogP contribution >= 0.6 is 22.6 Å². The summed E-state index contributed by atoms with van der Waals surface area (Å²) in [6.45, 7) is -1.47. The molecule has 0 saturated carbocycles. The molecule has 1 unspecified atom stereocenters. The minimum Gasteiger partial charge on any atom is -0.374 e. The number of carbonyl (C=O) groups excluding carboxylic acids is 2. The van der Waals surface area contributed by atoms with Crippen LogP contribution in [0.15, 0.2) is 29.6 Å². The number of carbonyl (C=O) groups is 2. The van der Waals surface area contributed by atoms with Crippen LogP contribution in [0.5, 0.6) is 0 Å². The third-order valence-electron chi connectivity index (χ3n) is 5.86. The molecule has 7 nitrogen and oxygen atoms in total. The van der Waals surface area contributed by atoms with E-state index in [0.29, 0.717) is 14.4 Å². The number of unbranched alkanes of at least 4 members (excludes halogenated alkanes) is 1. The molecule has 2 heterocycles. The van der Waals surface area contributed by atoms with Crippen molar-refractivity contribution >= 4 is 40.0 Å². The van der Waals surface area contributed by atoms with Crippen molar-refractivity contribution < 1.29 is 53.9 Å². The molecule has 2 aromatic rings. The van der Waals surface area contributed by atoms with Crippen molar-refractivity contribution in [2.45, 2.75) is 56.2 Å². The lowest BCUT2D eigenvalue weighted by molar-refractivity contribution is -0.277. The van der Waals surface area contributed by atoms with E-state index in [0.717, 1.165) is 7.05 Å². The zero-order valence-corrected chi connectivity index (χ0v) is 22.6. The van der Waals surface area contributed by atoms with Gasteiger partial charge in [-0.05, 0) is 47.6 Å². The van der Waals surface area contributed by atoms with E-state index in [4.69, 9.17) is 4.84 Å². The van der Waals surface area contributed by atoms with E-state index in [1.54, 1.807) is 5.32 Å². The molecule has 1 aromatic heterocycles. The third kappa shape index (κ3) is 7.25. The van der Waals surface area contributed by atoms with Crippen LogP contribution in [-0.2, 0) is 28.5 Å². The Hall–Kier alpha value is -2.86. The van der Waals surface area contributed by atoms with Gasteiger partial charge in [-0.3, -0.25) is 14.3 Å².